The van der Waals surface area contributed by atoms with Crippen molar-refractivity contribution in [2.45, 2.75) is 19.4 Å². The maximum absolute atomic E-state index is 13.0. The van der Waals surface area contributed by atoms with Crippen LogP contribution >= 0.6 is 0 Å². The SMILES string of the molecule is COCCCCn1ccc2cc(F)ccc21. The van der Waals surface area contributed by atoms with Gasteiger partial charge in [-0.1, -0.05) is 0 Å². The first-order valence-corrected chi connectivity index (χ1v) is 5.54. The van der Waals surface area contributed by atoms with Crippen LogP contribution in [0.25, 0.3) is 10.9 Å². The van der Waals surface area contributed by atoms with Gasteiger partial charge in [-0.3, -0.25) is 0 Å². The molecule has 16 heavy (non-hydrogen) atoms. The molecule has 0 unspecified atom stereocenters. The lowest BCUT2D eigenvalue weighted by Gasteiger charge is -2.05. The minimum Gasteiger partial charge on any atom is -0.385 e. The minimum absolute atomic E-state index is 0.176. The highest BCUT2D eigenvalue weighted by atomic mass is 19.1. The second kappa shape index (κ2) is 5.12. The zero-order valence-corrected chi connectivity index (χ0v) is 9.45. The number of aryl methyl sites for hydroxylation is 1. The van der Waals surface area contributed by atoms with E-state index in [-0.39, 0.29) is 5.82 Å². The molecule has 2 aromatic rings. The lowest BCUT2D eigenvalue weighted by atomic mass is 10.2. The van der Waals surface area contributed by atoms with E-state index in [1.807, 2.05) is 18.3 Å². The fourth-order valence-electron chi connectivity index (χ4n) is 1.89. The molecule has 0 fully saturated rings. The van der Waals surface area contributed by atoms with Gasteiger partial charge in [-0.25, -0.2) is 4.39 Å². The first-order chi connectivity index (χ1) is 7.81. The van der Waals surface area contributed by atoms with Crippen LogP contribution in [0.1, 0.15) is 12.8 Å². The van der Waals surface area contributed by atoms with Gasteiger partial charge in [-0.05, 0) is 37.1 Å². The van der Waals surface area contributed by atoms with Crippen molar-refractivity contribution in [1.29, 1.82) is 0 Å². The predicted molar refractivity (Wildman–Crippen MR) is 63.0 cm³/mol. The number of aromatic nitrogens is 1. The third kappa shape index (κ3) is 2.42. The summed E-state index contributed by atoms with van der Waals surface area (Å²) in [6.45, 7) is 1.76. The van der Waals surface area contributed by atoms with Gasteiger partial charge >= 0.3 is 0 Å². The maximum Gasteiger partial charge on any atom is 0.123 e. The first-order valence-electron chi connectivity index (χ1n) is 5.54. The fourth-order valence-corrected chi connectivity index (χ4v) is 1.89. The van der Waals surface area contributed by atoms with E-state index in [1.54, 1.807) is 13.2 Å². The van der Waals surface area contributed by atoms with Crippen LogP contribution in [0.2, 0.25) is 0 Å². The van der Waals surface area contributed by atoms with Gasteiger partial charge in [0.15, 0.2) is 0 Å². The molecule has 0 saturated carbocycles. The average Bonchev–Trinajstić information content (AvgIpc) is 2.67. The van der Waals surface area contributed by atoms with Crippen molar-refractivity contribution in [3.8, 4) is 0 Å². The van der Waals surface area contributed by atoms with Crippen molar-refractivity contribution in [1.82, 2.24) is 4.57 Å². The molecule has 0 radical (unpaired) electrons. The lowest BCUT2D eigenvalue weighted by molar-refractivity contribution is 0.191. The number of rotatable bonds is 5. The summed E-state index contributed by atoms with van der Waals surface area (Å²) in [5.41, 5.74) is 1.10. The van der Waals surface area contributed by atoms with Gasteiger partial charge in [-0.2, -0.15) is 0 Å². The van der Waals surface area contributed by atoms with Gasteiger partial charge in [-0.15, -0.1) is 0 Å². The molecule has 0 atom stereocenters. The first kappa shape index (κ1) is 11.1. The number of methoxy groups -OCH3 is 1. The van der Waals surface area contributed by atoms with Crippen LogP contribution in [0.3, 0.4) is 0 Å². The van der Waals surface area contributed by atoms with Crippen LogP contribution < -0.4 is 0 Å². The van der Waals surface area contributed by atoms with Crippen LogP contribution in [0.5, 0.6) is 0 Å². The van der Waals surface area contributed by atoms with Gasteiger partial charge in [0.2, 0.25) is 0 Å². The topological polar surface area (TPSA) is 14.2 Å². The highest BCUT2D eigenvalue weighted by Crippen LogP contribution is 2.17. The van der Waals surface area contributed by atoms with Crippen molar-refractivity contribution in [3.63, 3.8) is 0 Å². The molecule has 1 aromatic carbocycles. The molecule has 0 N–H and O–H groups in total. The monoisotopic (exact) mass is 221 g/mol. The van der Waals surface area contributed by atoms with Crippen molar-refractivity contribution >= 4 is 10.9 Å². The highest BCUT2D eigenvalue weighted by molar-refractivity contribution is 5.80. The van der Waals surface area contributed by atoms with E-state index in [2.05, 4.69) is 4.57 Å². The Morgan fingerprint density at radius 1 is 1.25 bits per heavy atom. The Balaban J connectivity index is 2.07. The third-order valence-electron chi connectivity index (χ3n) is 2.73. The number of fused-ring (bicyclic) bond motifs is 1. The summed E-state index contributed by atoms with van der Waals surface area (Å²) < 4.78 is 20.1. The van der Waals surface area contributed by atoms with Crippen molar-refractivity contribution in [2.75, 3.05) is 13.7 Å². The molecule has 86 valence electrons. The summed E-state index contributed by atoms with van der Waals surface area (Å²) in [5, 5.41) is 0.965. The third-order valence-corrected chi connectivity index (χ3v) is 2.73. The van der Waals surface area contributed by atoms with Crippen LogP contribution in [0.4, 0.5) is 4.39 Å². The lowest BCUT2D eigenvalue weighted by Crippen LogP contribution is -1.98. The normalized spacial score (nSPS) is 11.1. The number of nitrogens with zero attached hydrogens (tertiary/aromatic N) is 1. The Hall–Kier alpha value is -1.35. The number of hydrogen-bond acceptors (Lipinski definition) is 1. The molecule has 2 rings (SSSR count). The molecule has 1 heterocycles. The molecule has 2 nitrogen and oxygen atoms in total. The maximum atomic E-state index is 13.0. The fraction of sp³-hybridized carbons (Fsp3) is 0.385. The van der Waals surface area contributed by atoms with Gasteiger partial charge in [0.25, 0.3) is 0 Å². The van der Waals surface area contributed by atoms with E-state index in [0.29, 0.717) is 0 Å². The largest absolute Gasteiger partial charge is 0.385 e. The molecule has 0 aliphatic heterocycles. The Morgan fingerprint density at radius 3 is 2.94 bits per heavy atom. The quantitative estimate of drug-likeness (QED) is 0.707. The summed E-state index contributed by atoms with van der Waals surface area (Å²) in [7, 11) is 1.72. The van der Waals surface area contributed by atoms with Crippen LogP contribution in [0, 0.1) is 5.82 Å². The van der Waals surface area contributed by atoms with Gasteiger partial charge in [0.1, 0.15) is 5.82 Å². The van der Waals surface area contributed by atoms with E-state index in [9.17, 15) is 4.39 Å². The molecular weight excluding hydrogens is 205 g/mol. The second-order valence-electron chi connectivity index (χ2n) is 3.91. The molecular formula is C13H16FNO. The molecule has 0 amide bonds. The molecule has 0 spiro atoms. The Bertz CT molecular complexity index is 464. The zero-order valence-electron chi connectivity index (χ0n) is 9.45. The standard InChI is InChI=1S/C13H16FNO/c1-16-9-3-2-7-15-8-6-11-10-12(14)4-5-13(11)15/h4-6,8,10H,2-3,7,9H2,1H3. The molecule has 0 saturated heterocycles. The van der Waals surface area contributed by atoms with Crippen LogP contribution in [-0.4, -0.2) is 18.3 Å². The minimum atomic E-state index is -0.176. The molecule has 0 aliphatic carbocycles. The van der Waals surface area contributed by atoms with E-state index in [4.69, 9.17) is 4.74 Å². The van der Waals surface area contributed by atoms with Gasteiger partial charge in [0, 0.05) is 37.4 Å². The Kier molecular flexibility index (Phi) is 3.57. The predicted octanol–water partition coefficient (Wildman–Crippen LogP) is 3.21. The molecule has 1 aromatic heterocycles. The summed E-state index contributed by atoms with van der Waals surface area (Å²) in [5.74, 6) is -0.176. The number of unbranched alkanes of at least 4 members (excludes halogenated alkanes) is 1. The van der Waals surface area contributed by atoms with Crippen LogP contribution in [-0.2, 0) is 11.3 Å². The van der Waals surface area contributed by atoms with Gasteiger partial charge in [0.05, 0.1) is 0 Å². The summed E-state index contributed by atoms with van der Waals surface area (Å²) >= 11 is 0. The van der Waals surface area contributed by atoms with E-state index >= 15 is 0 Å². The van der Waals surface area contributed by atoms with E-state index in [0.717, 1.165) is 36.9 Å². The Labute approximate surface area is 94.6 Å². The van der Waals surface area contributed by atoms with Crippen molar-refractivity contribution < 1.29 is 9.13 Å². The number of halogens is 1. The average molecular weight is 221 g/mol. The second-order valence-corrected chi connectivity index (χ2v) is 3.91. The molecule has 3 heteroatoms. The molecule has 0 aliphatic rings. The van der Waals surface area contributed by atoms with Crippen LogP contribution in [0.15, 0.2) is 30.5 Å². The smallest absolute Gasteiger partial charge is 0.123 e. The summed E-state index contributed by atoms with van der Waals surface area (Å²) in [4.78, 5) is 0. The number of ether oxygens (including phenoxy) is 1. The summed E-state index contributed by atoms with van der Waals surface area (Å²) in [6, 6.07) is 6.87. The van der Waals surface area contributed by atoms with E-state index in [1.165, 1.54) is 6.07 Å². The summed E-state index contributed by atoms with van der Waals surface area (Å²) in [6.07, 6.45) is 4.14. The molecule has 0 bridgehead atoms. The van der Waals surface area contributed by atoms with Crippen molar-refractivity contribution in [2.24, 2.45) is 0 Å². The Morgan fingerprint density at radius 2 is 2.12 bits per heavy atom. The highest BCUT2D eigenvalue weighted by Gasteiger charge is 2.01. The van der Waals surface area contributed by atoms with E-state index < -0.39 is 0 Å². The number of benzene rings is 1. The zero-order chi connectivity index (χ0) is 11.4. The van der Waals surface area contributed by atoms with Crippen molar-refractivity contribution in [3.05, 3.63) is 36.3 Å². The number of hydrogen-bond donors (Lipinski definition) is 0. The van der Waals surface area contributed by atoms with Gasteiger partial charge < -0.3 is 9.30 Å².